The van der Waals surface area contributed by atoms with Crippen LogP contribution >= 0.6 is 0 Å². The van der Waals surface area contributed by atoms with Crippen molar-refractivity contribution < 1.29 is 19.4 Å². The summed E-state index contributed by atoms with van der Waals surface area (Å²) in [7, 11) is 2.14. The second-order valence-electron chi connectivity index (χ2n) is 7.88. The van der Waals surface area contributed by atoms with Crippen LogP contribution in [0, 0.1) is 11.3 Å². The number of ether oxygens (including phenoxy) is 1. The van der Waals surface area contributed by atoms with E-state index in [1.54, 1.807) is 6.08 Å². The molecule has 2 bridgehead atoms. The molecular formula is C19H21NO4. The Morgan fingerprint density at radius 2 is 2.25 bits per heavy atom. The minimum absolute atomic E-state index is 0.0453. The number of hydrogen-bond acceptors (Lipinski definition) is 5. The largest absolute Gasteiger partial charge is 0.482 e. The molecule has 1 spiro atoms. The number of nitrogens with zero attached hydrogens (tertiary/aromatic N) is 1. The molecule has 1 unspecified atom stereocenters. The lowest BCUT2D eigenvalue weighted by Gasteiger charge is -2.57. The van der Waals surface area contributed by atoms with Crippen LogP contribution in [0.1, 0.15) is 26.2 Å². The molecule has 0 amide bonds. The maximum atomic E-state index is 12.6. The van der Waals surface area contributed by atoms with E-state index in [4.69, 9.17) is 4.74 Å². The van der Waals surface area contributed by atoms with Gasteiger partial charge in [0.25, 0.3) is 0 Å². The van der Waals surface area contributed by atoms with Crippen LogP contribution in [-0.4, -0.2) is 52.9 Å². The zero-order chi connectivity index (χ0) is 16.9. The van der Waals surface area contributed by atoms with Crippen molar-refractivity contribution in [3.8, 4) is 0 Å². The van der Waals surface area contributed by atoms with Crippen molar-refractivity contribution in [3.05, 3.63) is 35.1 Å². The Kier molecular flexibility index (Phi) is 2.60. The van der Waals surface area contributed by atoms with Crippen molar-refractivity contribution in [2.75, 3.05) is 13.6 Å². The summed E-state index contributed by atoms with van der Waals surface area (Å²) in [4.78, 5) is 27.2. The van der Waals surface area contributed by atoms with Gasteiger partial charge in [-0.1, -0.05) is 12.2 Å². The molecule has 5 heteroatoms. The van der Waals surface area contributed by atoms with E-state index in [2.05, 4.69) is 11.9 Å². The van der Waals surface area contributed by atoms with Gasteiger partial charge in [-0.25, -0.2) is 0 Å². The van der Waals surface area contributed by atoms with Crippen LogP contribution in [0.4, 0.5) is 0 Å². The molecular weight excluding hydrogens is 306 g/mol. The van der Waals surface area contributed by atoms with Crippen LogP contribution in [0.3, 0.4) is 0 Å². The average Bonchev–Trinajstić information content (AvgIpc) is 2.90. The van der Waals surface area contributed by atoms with Gasteiger partial charge in [0.05, 0.1) is 5.41 Å². The van der Waals surface area contributed by atoms with E-state index >= 15 is 0 Å². The average molecular weight is 327 g/mol. The second-order valence-corrected chi connectivity index (χ2v) is 7.88. The quantitative estimate of drug-likeness (QED) is 0.782. The fourth-order valence-corrected chi connectivity index (χ4v) is 5.64. The Morgan fingerprint density at radius 3 is 3.00 bits per heavy atom. The summed E-state index contributed by atoms with van der Waals surface area (Å²) in [5, 5.41) is 11.0. The minimum atomic E-state index is -1.62. The third-order valence-electron chi connectivity index (χ3n) is 6.93. The number of hydrogen-bond donors (Lipinski definition) is 1. The molecule has 2 fully saturated rings. The number of carbonyl (C=O) groups excluding carboxylic acids is 2. The fraction of sp³-hybridized carbons (Fsp3) is 0.579. The van der Waals surface area contributed by atoms with Gasteiger partial charge >= 0.3 is 0 Å². The van der Waals surface area contributed by atoms with E-state index in [1.807, 2.05) is 12.2 Å². The predicted octanol–water partition coefficient (Wildman–Crippen LogP) is 1.14. The molecule has 1 saturated carbocycles. The monoisotopic (exact) mass is 327 g/mol. The molecule has 0 aromatic heterocycles. The van der Waals surface area contributed by atoms with Gasteiger partial charge < -0.3 is 14.7 Å². The summed E-state index contributed by atoms with van der Waals surface area (Å²) in [6.45, 7) is 2.29. The van der Waals surface area contributed by atoms with Crippen LogP contribution < -0.4 is 0 Å². The number of piperidine rings is 1. The Morgan fingerprint density at radius 1 is 1.46 bits per heavy atom. The molecule has 5 atom stereocenters. The zero-order valence-corrected chi connectivity index (χ0v) is 13.9. The summed E-state index contributed by atoms with van der Waals surface area (Å²) in [5.74, 6) is 0.193. The van der Waals surface area contributed by atoms with E-state index < -0.39 is 17.1 Å². The van der Waals surface area contributed by atoms with E-state index in [1.165, 1.54) is 6.92 Å². The van der Waals surface area contributed by atoms with Crippen LogP contribution in [0.2, 0.25) is 0 Å². The summed E-state index contributed by atoms with van der Waals surface area (Å²) in [6, 6.07) is 0.340. The molecule has 1 saturated heterocycles. The zero-order valence-electron chi connectivity index (χ0n) is 13.9. The fourth-order valence-electron chi connectivity index (χ4n) is 5.64. The predicted molar refractivity (Wildman–Crippen MR) is 86.0 cm³/mol. The molecule has 5 rings (SSSR count). The van der Waals surface area contributed by atoms with E-state index in [-0.39, 0.29) is 23.9 Å². The highest BCUT2D eigenvalue weighted by molar-refractivity contribution is 5.98. The number of rotatable bonds is 1. The molecule has 2 heterocycles. The first-order chi connectivity index (χ1) is 11.4. The van der Waals surface area contributed by atoms with Crippen molar-refractivity contribution in [2.24, 2.45) is 11.3 Å². The maximum Gasteiger partial charge on any atom is 0.196 e. The summed E-state index contributed by atoms with van der Waals surface area (Å²) < 4.78 is 6.10. The highest BCUT2D eigenvalue weighted by Gasteiger charge is 2.68. The molecule has 0 aromatic rings. The molecule has 24 heavy (non-hydrogen) atoms. The highest BCUT2D eigenvalue weighted by Crippen LogP contribution is 2.65. The minimum Gasteiger partial charge on any atom is -0.482 e. The number of likely N-dealkylation sites (tertiary alicyclic amines) is 1. The number of aliphatic hydroxyl groups is 1. The molecule has 1 N–H and O–H groups in total. The topological polar surface area (TPSA) is 66.8 Å². The smallest absolute Gasteiger partial charge is 0.196 e. The Labute approximate surface area is 140 Å². The lowest BCUT2D eigenvalue weighted by atomic mass is 9.51. The van der Waals surface area contributed by atoms with Crippen LogP contribution in [0.15, 0.2) is 35.1 Å². The molecule has 5 aliphatic rings. The van der Waals surface area contributed by atoms with Crippen molar-refractivity contribution in [3.63, 3.8) is 0 Å². The second kappa shape index (κ2) is 4.27. The molecule has 2 aliphatic heterocycles. The first-order valence-electron chi connectivity index (χ1n) is 8.66. The van der Waals surface area contributed by atoms with Crippen molar-refractivity contribution in [1.82, 2.24) is 4.90 Å². The molecule has 3 aliphatic carbocycles. The number of carbonyl (C=O) groups is 2. The van der Waals surface area contributed by atoms with Gasteiger partial charge in [0.1, 0.15) is 5.76 Å². The van der Waals surface area contributed by atoms with Gasteiger partial charge in [-0.2, -0.15) is 0 Å². The van der Waals surface area contributed by atoms with Gasteiger partial charge in [0, 0.05) is 24.0 Å². The van der Waals surface area contributed by atoms with Crippen molar-refractivity contribution >= 4 is 11.6 Å². The SMILES string of the molecule is CC(=O)C1(O)CC=C2C[C@@H]3[C@@H]4C=CC(=O)[C@@H]5OC1=C2[C@@]54CCN3C. The molecule has 0 radical (unpaired) electrons. The lowest BCUT2D eigenvalue weighted by Crippen LogP contribution is -2.61. The number of ketones is 2. The van der Waals surface area contributed by atoms with Gasteiger partial charge in [-0.05, 0) is 45.0 Å². The van der Waals surface area contributed by atoms with E-state index in [0.717, 1.165) is 30.5 Å². The van der Waals surface area contributed by atoms with Crippen LogP contribution in [-0.2, 0) is 14.3 Å². The lowest BCUT2D eigenvalue weighted by molar-refractivity contribution is -0.142. The summed E-state index contributed by atoms with van der Waals surface area (Å²) >= 11 is 0. The van der Waals surface area contributed by atoms with Crippen LogP contribution in [0.5, 0.6) is 0 Å². The van der Waals surface area contributed by atoms with Gasteiger partial charge in [0.2, 0.25) is 0 Å². The third-order valence-corrected chi connectivity index (χ3v) is 6.93. The van der Waals surface area contributed by atoms with Gasteiger partial charge in [-0.15, -0.1) is 0 Å². The first-order valence-corrected chi connectivity index (χ1v) is 8.66. The summed E-state index contributed by atoms with van der Waals surface area (Å²) in [5.41, 5.74) is 0.0934. The Bertz CT molecular complexity index is 778. The molecule has 0 aromatic carbocycles. The van der Waals surface area contributed by atoms with Gasteiger partial charge in [-0.3, -0.25) is 9.59 Å². The Balaban J connectivity index is 1.79. The molecule has 5 nitrogen and oxygen atoms in total. The molecule has 126 valence electrons. The van der Waals surface area contributed by atoms with E-state index in [0.29, 0.717) is 11.8 Å². The van der Waals surface area contributed by atoms with Crippen LogP contribution in [0.25, 0.3) is 0 Å². The first kappa shape index (κ1) is 14.6. The maximum absolute atomic E-state index is 12.6. The van der Waals surface area contributed by atoms with E-state index in [9.17, 15) is 14.7 Å². The highest BCUT2D eigenvalue weighted by atomic mass is 16.5. The standard InChI is InChI=1S/C19H21NO4/c1-10(21)19(23)6-5-11-9-13-12-3-4-14(22)16-18(12,7-8-20(13)2)15(11)17(19)24-16/h3-5,12-13,16,23H,6-9H2,1-2H3/t12-,13+,16-,18-,19?/m0/s1. The third kappa shape index (κ3) is 1.40. The van der Waals surface area contributed by atoms with Crippen molar-refractivity contribution in [1.29, 1.82) is 0 Å². The summed E-state index contributed by atoms with van der Waals surface area (Å²) in [6.07, 6.45) is 7.01. The number of Topliss-reactive ketones (excluding diaryl/α,β-unsaturated/α-hetero) is 1. The van der Waals surface area contributed by atoms with Gasteiger partial charge in [0.15, 0.2) is 23.3 Å². The normalized spacial score (nSPS) is 45.7. The Hall–Kier alpha value is -1.72. The van der Waals surface area contributed by atoms with Crippen molar-refractivity contribution in [2.45, 2.75) is 43.9 Å².